The Hall–Kier alpha value is 0.399. The molecule has 0 amide bonds. The molecule has 13 heavy (non-hydrogen) atoms. The molecule has 0 saturated carbocycles. The molecule has 0 fully saturated rings. The molecule has 6 nitrogen and oxygen atoms in total. The zero-order chi connectivity index (χ0) is 8.57. The van der Waals surface area contributed by atoms with E-state index in [4.69, 9.17) is 11.5 Å². The summed E-state index contributed by atoms with van der Waals surface area (Å²) in [5, 5.41) is 0.231. The van der Waals surface area contributed by atoms with Crippen molar-refractivity contribution in [2.24, 2.45) is 23.2 Å². The first-order valence-corrected chi connectivity index (χ1v) is 2.88. The van der Waals surface area contributed by atoms with Gasteiger partial charge < -0.3 is 47.1 Å². The number of halogens is 2. The molecule has 0 heterocycles. The second-order valence-corrected chi connectivity index (χ2v) is 1.90. The van der Waals surface area contributed by atoms with Crippen LogP contribution in [-0.4, -0.2) is 10.2 Å². The Bertz CT molecular complexity index is 111. The van der Waals surface area contributed by atoms with Gasteiger partial charge in [0.15, 0.2) is 10.2 Å². The summed E-state index contributed by atoms with van der Waals surface area (Å²) in [6, 6.07) is 0. The molecular formula is C2H10Cl2CuN6S2. The van der Waals surface area contributed by atoms with E-state index in [-0.39, 0.29) is 52.1 Å². The topological polar surface area (TPSA) is 128 Å². The first-order valence-electron chi connectivity index (χ1n) is 2.06. The summed E-state index contributed by atoms with van der Waals surface area (Å²) in [6.45, 7) is 0. The molecule has 0 aromatic rings. The Balaban J connectivity index is -0.0000000267. The van der Waals surface area contributed by atoms with Gasteiger partial charge in [-0.2, -0.15) is 0 Å². The number of nitrogens with two attached hydrogens (primary N) is 4. The Morgan fingerprint density at radius 2 is 0.923 bits per heavy atom. The third-order valence-corrected chi connectivity index (χ3v) is 0.520. The van der Waals surface area contributed by atoms with E-state index in [2.05, 4.69) is 36.1 Å². The van der Waals surface area contributed by atoms with Gasteiger partial charge >= 0.3 is 17.1 Å². The van der Waals surface area contributed by atoms with Gasteiger partial charge in [0.05, 0.1) is 0 Å². The molecule has 0 aliphatic carbocycles. The van der Waals surface area contributed by atoms with Crippen molar-refractivity contribution in [3.63, 3.8) is 0 Å². The normalized spacial score (nSPS) is 5.08. The minimum absolute atomic E-state index is 0. The molecule has 85 valence electrons. The van der Waals surface area contributed by atoms with Crippen molar-refractivity contribution in [3.8, 4) is 0 Å². The van der Waals surface area contributed by atoms with E-state index in [1.807, 2.05) is 10.9 Å². The SMILES string of the molecule is NNC(N)=S.NNC(N)=S.[Cl-].[Cl-].[Cu+2]. The Morgan fingerprint density at radius 3 is 0.923 bits per heavy atom. The van der Waals surface area contributed by atoms with Gasteiger partial charge in [0.1, 0.15) is 0 Å². The Morgan fingerprint density at radius 1 is 0.846 bits per heavy atom. The Kier molecular flexibility index (Phi) is 51.3. The fourth-order valence-electron chi connectivity index (χ4n) is 0. The van der Waals surface area contributed by atoms with Crippen molar-refractivity contribution < 1.29 is 41.9 Å². The number of hydrogen-bond donors (Lipinski definition) is 6. The smallest absolute Gasteiger partial charge is 1.00 e. The van der Waals surface area contributed by atoms with Crippen LogP contribution in [0.4, 0.5) is 0 Å². The van der Waals surface area contributed by atoms with Crippen LogP contribution < -0.4 is 58.8 Å². The summed E-state index contributed by atoms with van der Waals surface area (Å²) in [7, 11) is 0. The molecule has 0 atom stereocenters. The molecule has 0 rings (SSSR count). The van der Waals surface area contributed by atoms with Gasteiger partial charge in [-0.05, 0) is 24.4 Å². The minimum Gasteiger partial charge on any atom is -1.00 e. The summed E-state index contributed by atoms with van der Waals surface area (Å²) in [5.41, 5.74) is 13.6. The molecule has 0 aliphatic heterocycles. The van der Waals surface area contributed by atoms with Crippen molar-refractivity contribution >= 4 is 34.7 Å². The van der Waals surface area contributed by atoms with E-state index in [0.29, 0.717) is 0 Å². The van der Waals surface area contributed by atoms with Crippen LogP contribution in [-0.2, 0) is 17.1 Å². The average molecular weight is 317 g/mol. The molecule has 0 aliphatic rings. The molecular weight excluding hydrogens is 307 g/mol. The number of hydrogen-bond acceptors (Lipinski definition) is 4. The van der Waals surface area contributed by atoms with Crippen molar-refractivity contribution in [3.05, 3.63) is 0 Å². The number of nitrogens with one attached hydrogen (secondary N) is 2. The second kappa shape index (κ2) is 22.8. The maximum atomic E-state index is 4.79. The van der Waals surface area contributed by atoms with Crippen LogP contribution in [0.2, 0.25) is 0 Å². The average Bonchev–Trinajstić information content (AvgIpc) is 1.89. The van der Waals surface area contributed by atoms with Crippen LogP contribution >= 0.6 is 24.4 Å². The molecule has 1 radical (unpaired) electrons. The summed E-state index contributed by atoms with van der Waals surface area (Å²) < 4.78 is 0. The van der Waals surface area contributed by atoms with E-state index in [9.17, 15) is 0 Å². The maximum absolute atomic E-state index is 4.79. The molecule has 0 unspecified atom stereocenters. The van der Waals surface area contributed by atoms with Crippen LogP contribution in [0.3, 0.4) is 0 Å². The largest absolute Gasteiger partial charge is 2.00 e. The predicted molar refractivity (Wildman–Crippen MR) is 48.2 cm³/mol. The van der Waals surface area contributed by atoms with Crippen LogP contribution in [0.15, 0.2) is 0 Å². The molecule has 11 heteroatoms. The van der Waals surface area contributed by atoms with Crippen molar-refractivity contribution in [1.82, 2.24) is 10.9 Å². The number of hydrazine groups is 2. The van der Waals surface area contributed by atoms with Gasteiger partial charge in [0.25, 0.3) is 0 Å². The van der Waals surface area contributed by atoms with E-state index in [1.54, 1.807) is 0 Å². The fourth-order valence-corrected chi connectivity index (χ4v) is 0. The van der Waals surface area contributed by atoms with Crippen LogP contribution in [0, 0.1) is 0 Å². The van der Waals surface area contributed by atoms with Gasteiger partial charge in [-0.15, -0.1) is 0 Å². The Labute approximate surface area is 110 Å². The first-order chi connectivity index (χ1) is 4.54. The van der Waals surface area contributed by atoms with Gasteiger partial charge in [-0.1, -0.05) is 0 Å². The van der Waals surface area contributed by atoms with Gasteiger partial charge in [0.2, 0.25) is 0 Å². The van der Waals surface area contributed by atoms with Gasteiger partial charge in [-0.3, -0.25) is 0 Å². The zero-order valence-electron chi connectivity index (χ0n) is 6.18. The molecule has 0 spiro atoms. The van der Waals surface area contributed by atoms with Crippen molar-refractivity contribution in [2.45, 2.75) is 0 Å². The number of thiocarbonyl (C=S) groups is 2. The third-order valence-electron chi connectivity index (χ3n) is 0.285. The quantitative estimate of drug-likeness (QED) is 0.113. The monoisotopic (exact) mass is 315 g/mol. The fraction of sp³-hybridized carbons (Fsp3) is 0. The van der Waals surface area contributed by atoms with E-state index in [0.717, 1.165) is 0 Å². The molecule has 10 N–H and O–H groups in total. The van der Waals surface area contributed by atoms with E-state index >= 15 is 0 Å². The molecule has 0 aromatic heterocycles. The van der Waals surface area contributed by atoms with E-state index < -0.39 is 0 Å². The third kappa shape index (κ3) is 69.3. The zero-order valence-corrected chi connectivity index (χ0v) is 10.3. The van der Waals surface area contributed by atoms with Gasteiger partial charge in [-0.25, -0.2) is 11.7 Å². The van der Waals surface area contributed by atoms with Crippen LogP contribution in [0.25, 0.3) is 0 Å². The summed E-state index contributed by atoms with van der Waals surface area (Å²) in [6.07, 6.45) is 0. The first kappa shape index (κ1) is 29.2. The minimum atomic E-state index is 0. The van der Waals surface area contributed by atoms with Crippen molar-refractivity contribution in [1.29, 1.82) is 0 Å². The molecule has 0 saturated heterocycles. The van der Waals surface area contributed by atoms with Gasteiger partial charge in [0, 0.05) is 0 Å². The standard InChI is InChI=1S/2CH5N3S.2ClH.Cu/c2*2-1(5)4-3;;;/h2*3H2,(H3,2,4,5);2*1H;/q;;;;+2/p-2. The molecule has 0 aromatic carbocycles. The molecule has 0 bridgehead atoms. The second-order valence-electron chi connectivity index (χ2n) is 1.02. The summed E-state index contributed by atoms with van der Waals surface area (Å²) in [5.74, 6) is 9.31. The number of rotatable bonds is 0. The van der Waals surface area contributed by atoms with Crippen molar-refractivity contribution in [2.75, 3.05) is 0 Å². The van der Waals surface area contributed by atoms with E-state index in [1.165, 1.54) is 0 Å². The summed E-state index contributed by atoms with van der Waals surface area (Å²) >= 11 is 8.48. The summed E-state index contributed by atoms with van der Waals surface area (Å²) in [4.78, 5) is 0. The predicted octanol–water partition coefficient (Wildman–Crippen LogP) is -8.61. The van der Waals surface area contributed by atoms with Crippen LogP contribution in [0.1, 0.15) is 0 Å². The maximum Gasteiger partial charge on any atom is 2.00 e. The van der Waals surface area contributed by atoms with Crippen LogP contribution in [0.5, 0.6) is 0 Å².